The number of thioether (sulfide) groups is 1. The lowest BCUT2D eigenvalue weighted by atomic mass is 10.1. The Balaban J connectivity index is 1.65. The quantitative estimate of drug-likeness (QED) is 0.826. The molecule has 0 bridgehead atoms. The van der Waals surface area contributed by atoms with E-state index in [1.54, 1.807) is 4.88 Å². The first-order valence-electron chi connectivity index (χ1n) is 7.29. The van der Waals surface area contributed by atoms with Gasteiger partial charge in [0, 0.05) is 22.2 Å². The van der Waals surface area contributed by atoms with Crippen LogP contribution in [0.4, 0.5) is 0 Å². The lowest BCUT2D eigenvalue weighted by molar-refractivity contribution is 0.415. The molecular weight excluding hydrogens is 258 g/mol. The molecule has 0 aromatic carbocycles. The Morgan fingerprint density at radius 2 is 2.28 bits per heavy atom. The van der Waals surface area contributed by atoms with Gasteiger partial charge in [0.25, 0.3) is 0 Å². The van der Waals surface area contributed by atoms with Gasteiger partial charge in [0.1, 0.15) is 0 Å². The molecule has 0 saturated heterocycles. The van der Waals surface area contributed by atoms with Gasteiger partial charge in [0.05, 0.1) is 0 Å². The zero-order chi connectivity index (χ0) is 12.4. The lowest BCUT2D eigenvalue weighted by Crippen LogP contribution is -2.37. The van der Waals surface area contributed by atoms with Crippen LogP contribution in [0.1, 0.15) is 49.9 Å². The summed E-state index contributed by atoms with van der Waals surface area (Å²) in [4.78, 5) is 1.56. The Morgan fingerprint density at radius 1 is 1.39 bits per heavy atom. The average molecular weight is 281 g/mol. The molecule has 1 aromatic heterocycles. The second-order valence-electron chi connectivity index (χ2n) is 5.53. The molecule has 2 fully saturated rings. The second-order valence-corrected chi connectivity index (χ2v) is 8.02. The van der Waals surface area contributed by atoms with Crippen LogP contribution in [0.25, 0.3) is 0 Å². The van der Waals surface area contributed by atoms with E-state index in [1.165, 1.54) is 37.9 Å². The average Bonchev–Trinajstić information content (AvgIpc) is 2.89. The Labute approximate surface area is 119 Å². The molecule has 3 rings (SSSR count). The van der Waals surface area contributed by atoms with Crippen molar-refractivity contribution in [2.45, 2.75) is 56.4 Å². The molecule has 1 aromatic rings. The van der Waals surface area contributed by atoms with Crippen molar-refractivity contribution >= 4 is 23.1 Å². The molecule has 18 heavy (non-hydrogen) atoms. The zero-order valence-corrected chi connectivity index (χ0v) is 12.7. The van der Waals surface area contributed by atoms with Gasteiger partial charge in [-0.2, -0.15) is 11.8 Å². The molecule has 0 amide bonds. The molecule has 2 aliphatic rings. The maximum atomic E-state index is 4.00. The van der Waals surface area contributed by atoms with Gasteiger partial charge in [-0.15, -0.1) is 11.3 Å². The molecule has 100 valence electrons. The Kier molecular flexibility index (Phi) is 4.32. The smallest absolute Gasteiger partial charge is 0.0445 e. The van der Waals surface area contributed by atoms with Crippen molar-refractivity contribution in [1.29, 1.82) is 0 Å². The summed E-state index contributed by atoms with van der Waals surface area (Å²) in [6.45, 7) is 2.29. The van der Waals surface area contributed by atoms with Crippen LogP contribution < -0.4 is 5.32 Å². The van der Waals surface area contributed by atoms with Crippen LogP contribution in [-0.4, -0.2) is 17.0 Å². The highest BCUT2D eigenvalue weighted by molar-refractivity contribution is 7.99. The summed E-state index contributed by atoms with van der Waals surface area (Å²) in [5.74, 6) is 2.17. The molecule has 1 heterocycles. The minimum atomic E-state index is 0.646. The molecule has 0 spiro atoms. The number of thiophene rings is 1. The Bertz CT molecular complexity index is 359. The van der Waals surface area contributed by atoms with E-state index in [4.69, 9.17) is 0 Å². The van der Waals surface area contributed by atoms with Crippen molar-refractivity contribution in [2.75, 3.05) is 5.75 Å². The summed E-state index contributed by atoms with van der Waals surface area (Å²) in [6.07, 6.45) is 7.06. The monoisotopic (exact) mass is 281 g/mol. The number of nitrogens with one attached hydrogen (secondary N) is 1. The predicted octanol–water partition coefficient (Wildman–Crippen LogP) is 4.46. The first kappa shape index (κ1) is 13.0. The van der Waals surface area contributed by atoms with Gasteiger partial charge >= 0.3 is 0 Å². The molecule has 3 unspecified atom stereocenters. The van der Waals surface area contributed by atoms with E-state index in [2.05, 4.69) is 41.5 Å². The van der Waals surface area contributed by atoms with Crippen molar-refractivity contribution < 1.29 is 0 Å². The zero-order valence-electron chi connectivity index (χ0n) is 11.1. The van der Waals surface area contributed by atoms with Crippen LogP contribution in [0, 0.1) is 5.92 Å². The highest BCUT2D eigenvalue weighted by atomic mass is 32.2. The summed E-state index contributed by atoms with van der Waals surface area (Å²) in [6, 6.07) is 5.91. The second kappa shape index (κ2) is 5.98. The van der Waals surface area contributed by atoms with Crippen LogP contribution in [0.15, 0.2) is 17.5 Å². The molecule has 3 heteroatoms. The molecule has 0 aliphatic heterocycles. The molecule has 2 aliphatic carbocycles. The van der Waals surface area contributed by atoms with Gasteiger partial charge < -0.3 is 5.32 Å². The van der Waals surface area contributed by atoms with E-state index >= 15 is 0 Å². The van der Waals surface area contributed by atoms with E-state index in [-0.39, 0.29) is 0 Å². The van der Waals surface area contributed by atoms with Crippen LogP contribution in [0.5, 0.6) is 0 Å². The minimum Gasteiger partial charge on any atom is -0.305 e. The number of hydrogen-bond donors (Lipinski definition) is 1. The van der Waals surface area contributed by atoms with Gasteiger partial charge in [0.15, 0.2) is 0 Å². The molecule has 2 saturated carbocycles. The highest BCUT2D eigenvalue weighted by Gasteiger charge is 2.37. The number of hydrogen-bond acceptors (Lipinski definition) is 3. The first-order valence-corrected chi connectivity index (χ1v) is 9.22. The summed E-state index contributed by atoms with van der Waals surface area (Å²) < 4.78 is 0. The Morgan fingerprint density at radius 3 is 2.94 bits per heavy atom. The van der Waals surface area contributed by atoms with E-state index in [1.807, 2.05) is 11.3 Å². The first-order chi connectivity index (χ1) is 8.88. The van der Waals surface area contributed by atoms with Crippen molar-refractivity contribution in [1.82, 2.24) is 5.32 Å². The van der Waals surface area contributed by atoms with Crippen molar-refractivity contribution in [2.24, 2.45) is 5.92 Å². The molecule has 0 radical (unpaired) electrons. The third kappa shape index (κ3) is 2.94. The van der Waals surface area contributed by atoms with Gasteiger partial charge in [-0.25, -0.2) is 0 Å². The summed E-state index contributed by atoms with van der Waals surface area (Å²) in [7, 11) is 0. The van der Waals surface area contributed by atoms with Crippen molar-refractivity contribution in [3.8, 4) is 0 Å². The van der Waals surface area contributed by atoms with Gasteiger partial charge in [-0.1, -0.05) is 19.4 Å². The predicted molar refractivity (Wildman–Crippen MR) is 82.5 cm³/mol. The van der Waals surface area contributed by atoms with Gasteiger partial charge in [-0.05, 0) is 48.8 Å². The maximum absolute atomic E-state index is 4.00. The summed E-state index contributed by atoms with van der Waals surface area (Å²) in [5, 5.41) is 7.08. The van der Waals surface area contributed by atoms with Gasteiger partial charge in [-0.3, -0.25) is 0 Å². The van der Waals surface area contributed by atoms with Crippen molar-refractivity contribution in [3.63, 3.8) is 0 Å². The normalized spacial score (nSPS) is 29.6. The minimum absolute atomic E-state index is 0.646. The van der Waals surface area contributed by atoms with E-state index in [9.17, 15) is 0 Å². The third-order valence-corrected chi connectivity index (χ3v) is 6.45. The highest BCUT2D eigenvalue weighted by Crippen LogP contribution is 2.44. The fourth-order valence-electron chi connectivity index (χ4n) is 3.11. The maximum Gasteiger partial charge on any atom is 0.0445 e. The summed E-state index contributed by atoms with van der Waals surface area (Å²) >= 11 is 4.09. The van der Waals surface area contributed by atoms with Crippen LogP contribution >= 0.6 is 23.1 Å². The topological polar surface area (TPSA) is 12.0 Å². The lowest BCUT2D eigenvalue weighted by Gasteiger charge is -2.26. The fourth-order valence-corrected chi connectivity index (χ4v) is 5.20. The van der Waals surface area contributed by atoms with E-state index in [0.717, 1.165) is 17.2 Å². The van der Waals surface area contributed by atoms with Gasteiger partial charge in [0.2, 0.25) is 0 Å². The number of rotatable bonds is 6. The fraction of sp³-hybridized carbons (Fsp3) is 0.733. The van der Waals surface area contributed by atoms with E-state index in [0.29, 0.717) is 6.04 Å². The van der Waals surface area contributed by atoms with E-state index < -0.39 is 0 Å². The van der Waals surface area contributed by atoms with Crippen LogP contribution in [-0.2, 0) is 0 Å². The van der Waals surface area contributed by atoms with Crippen LogP contribution in [0.3, 0.4) is 0 Å². The van der Waals surface area contributed by atoms with Crippen LogP contribution in [0.2, 0.25) is 0 Å². The molecule has 1 nitrogen and oxygen atoms in total. The molecular formula is C15H23NS2. The molecule has 1 N–H and O–H groups in total. The molecule has 3 atom stereocenters. The Hall–Kier alpha value is 0.01000. The SMILES string of the molecule is CCSC1CCCC1NC(c1cccs1)C1CC1. The third-order valence-electron chi connectivity index (χ3n) is 4.17. The largest absolute Gasteiger partial charge is 0.305 e. The summed E-state index contributed by atoms with van der Waals surface area (Å²) in [5.41, 5.74) is 0. The standard InChI is InChI=1S/C15H23NS2/c1-2-17-13-6-3-5-12(13)16-15(11-8-9-11)14-7-4-10-18-14/h4,7,10-13,15-16H,2-3,5-6,8-9H2,1H3. The van der Waals surface area contributed by atoms with Crippen molar-refractivity contribution in [3.05, 3.63) is 22.4 Å².